The Morgan fingerprint density at radius 1 is 1.21 bits per heavy atom. The first-order chi connectivity index (χ1) is 13.9. The maximum atomic E-state index is 13.1. The molecule has 1 aromatic rings. The number of carbonyl (C=O) groups is 4. The number of carbonyl (C=O) groups excluding carboxylic acids is 3. The molecule has 3 amide bonds. The van der Waals surface area contributed by atoms with Crippen LogP contribution in [0, 0.1) is 0 Å². The standard InChI is InChI=1S/C18H26N6O5/c19-8-15(25)23-5-1-3-13(23)16(26)22-12(7-11-9-20-10-21-11)17(27)24-6-2-4-14(24)18(28)29/h9-10,12-14H,1-8,19H2,(H,20,21)(H,22,26)(H,28,29)/t12-,13-,14-/m0/s1. The van der Waals surface area contributed by atoms with Crippen LogP contribution < -0.4 is 11.1 Å². The first kappa shape index (κ1) is 20.8. The smallest absolute Gasteiger partial charge is 0.326 e. The number of nitrogens with zero attached hydrogens (tertiary/aromatic N) is 3. The first-order valence-corrected chi connectivity index (χ1v) is 9.72. The van der Waals surface area contributed by atoms with Crippen LogP contribution in [0.2, 0.25) is 0 Å². The van der Waals surface area contributed by atoms with Crippen molar-refractivity contribution in [3.05, 3.63) is 18.2 Å². The number of hydrogen-bond donors (Lipinski definition) is 4. The van der Waals surface area contributed by atoms with Gasteiger partial charge in [-0.05, 0) is 25.7 Å². The van der Waals surface area contributed by atoms with Crippen LogP contribution in [0.25, 0.3) is 0 Å². The van der Waals surface area contributed by atoms with E-state index in [0.717, 1.165) is 0 Å². The van der Waals surface area contributed by atoms with Crippen LogP contribution in [-0.4, -0.2) is 86.3 Å². The molecule has 1 aromatic heterocycles. The molecule has 0 aliphatic carbocycles. The van der Waals surface area contributed by atoms with E-state index in [0.29, 0.717) is 44.5 Å². The highest BCUT2D eigenvalue weighted by Crippen LogP contribution is 2.21. The Bertz CT molecular complexity index is 767. The molecule has 11 heteroatoms. The third kappa shape index (κ3) is 4.56. The van der Waals surface area contributed by atoms with E-state index in [4.69, 9.17) is 5.73 Å². The minimum atomic E-state index is -1.06. The Balaban J connectivity index is 1.76. The maximum absolute atomic E-state index is 13.1. The van der Waals surface area contributed by atoms with E-state index in [9.17, 15) is 24.3 Å². The zero-order valence-corrected chi connectivity index (χ0v) is 16.0. The van der Waals surface area contributed by atoms with Gasteiger partial charge in [-0.3, -0.25) is 14.4 Å². The lowest BCUT2D eigenvalue weighted by atomic mass is 10.1. The van der Waals surface area contributed by atoms with Gasteiger partial charge in [-0.15, -0.1) is 0 Å². The second-order valence-corrected chi connectivity index (χ2v) is 7.32. The Morgan fingerprint density at radius 2 is 1.90 bits per heavy atom. The molecule has 0 saturated carbocycles. The van der Waals surface area contributed by atoms with Crippen LogP contribution in [-0.2, 0) is 25.6 Å². The van der Waals surface area contributed by atoms with Gasteiger partial charge in [-0.1, -0.05) is 0 Å². The number of carboxylic acid groups (broad SMARTS) is 1. The number of likely N-dealkylation sites (tertiary alicyclic amines) is 2. The molecule has 3 atom stereocenters. The Kier molecular flexibility index (Phi) is 6.47. The van der Waals surface area contributed by atoms with Crippen molar-refractivity contribution in [1.29, 1.82) is 0 Å². The van der Waals surface area contributed by atoms with Crippen molar-refractivity contribution < 1.29 is 24.3 Å². The molecule has 0 spiro atoms. The van der Waals surface area contributed by atoms with Crippen molar-refractivity contribution in [2.45, 2.75) is 50.2 Å². The molecule has 0 unspecified atom stereocenters. The number of carboxylic acids is 1. The number of aromatic nitrogens is 2. The van der Waals surface area contributed by atoms with E-state index >= 15 is 0 Å². The third-order valence-corrected chi connectivity index (χ3v) is 5.46. The fourth-order valence-corrected chi connectivity index (χ4v) is 4.03. The molecule has 3 rings (SSSR count). The van der Waals surface area contributed by atoms with Gasteiger partial charge in [0, 0.05) is 31.4 Å². The number of rotatable bonds is 7. The summed E-state index contributed by atoms with van der Waals surface area (Å²) in [6.45, 7) is 0.585. The highest BCUT2D eigenvalue weighted by Gasteiger charge is 2.40. The monoisotopic (exact) mass is 406 g/mol. The minimum Gasteiger partial charge on any atom is -0.480 e. The molecular formula is C18H26N6O5. The van der Waals surface area contributed by atoms with Crippen molar-refractivity contribution in [2.24, 2.45) is 5.73 Å². The highest BCUT2D eigenvalue weighted by atomic mass is 16.4. The van der Waals surface area contributed by atoms with Crippen molar-refractivity contribution in [2.75, 3.05) is 19.6 Å². The fraction of sp³-hybridized carbons (Fsp3) is 0.611. The predicted molar refractivity (Wildman–Crippen MR) is 100 cm³/mol. The van der Waals surface area contributed by atoms with E-state index in [-0.39, 0.29) is 18.9 Å². The maximum Gasteiger partial charge on any atom is 0.326 e. The van der Waals surface area contributed by atoms with Gasteiger partial charge >= 0.3 is 5.97 Å². The van der Waals surface area contributed by atoms with Crippen LogP contribution in [0.4, 0.5) is 0 Å². The minimum absolute atomic E-state index is 0.144. The van der Waals surface area contributed by atoms with Gasteiger partial charge in [0.05, 0.1) is 12.9 Å². The van der Waals surface area contributed by atoms with Crippen molar-refractivity contribution >= 4 is 23.7 Å². The van der Waals surface area contributed by atoms with Gasteiger partial charge in [0.2, 0.25) is 17.7 Å². The molecule has 3 heterocycles. The number of H-pyrrole nitrogens is 1. The Labute approximate surface area is 167 Å². The summed E-state index contributed by atoms with van der Waals surface area (Å²) in [4.78, 5) is 59.1. The van der Waals surface area contributed by atoms with E-state index in [1.165, 1.54) is 16.1 Å². The summed E-state index contributed by atoms with van der Waals surface area (Å²) in [5.74, 6) is -2.26. The van der Waals surface area contributed by atoms with E-state index < -0.39 is 35.9 Å². The zero-order chi connectivity index (χ0) is 21.0. The van der Waals surface area contributed by atoms with Gasteiger partial charge in [-0.25, -0.2) is 9.78 Å². The second-order valence-electron chi connectivity index (χ2n) is 7.32. The van der Waals surface area contributed by atoms with Gasteiger partial charge < -0.3 is 30.9 Å². The average Bonchev–Trinajstić information content (AvgIpc) is 3.46. The van der Waals surface area contributed by atoms with E-state index in [1.807, 2.05) is 0 Å². The number of aliphatic carboxylic acids is 1. The quantitative estimate of drug-likeness (QED) is 0.427. The van der Waals surface area contributed by atoms with Crippen molar-refractivity contribution in [3.63, 3.8) is 0 Å². The Morgan fingerprint density at radius 3 is 2.52 bits per heavy atom. The molecule has 158 valence electrons. The second kappa shape index (κ2) is 9.03. The van der Waals surface area contributed by atoms with Gasteiger partial charge in [0.15, 0.2) is 0 Å². The highest BCUT2D eigenvalue weighted by molar-refractivity contribution is 5.94. The number of nitrogens with two attached hydrogens (primary N) is 1. The summed E-state index contributed by atoms with van der Waals surface area (Å²) in [6, 6.07) is -2.54. The molecule has 0 radical (unpaired) electrons. The van der Waals surface area contributed by atoms with Crippen LogP contribution in [0.3, 0.4) is 0 Å². The molecule has 5 N–H and O–H groups in total. The summed E-state index contributed by atoms with van der Waals surface area (Å²) in [5, 5.41) is 12.1. The largest absolute Gasteiger partial charge is 0.480 e. The summed E-state index contributed by atoms with van der Waals surface area (Å²) in [5.41, 5.74) is 6.07. The summed E-state index contributed by atoms with van der Waals surface area (Å²) in [6.07, 6.45) is 5.30. The SMILES string of the molecule is NCC(=O)N1CCC[C@H]1C(=O)N[C@@H](Cc1cnc[nH]1)C(=O)N1CCC[C@H]1C(=O)O. The molecule has 0 aromatic carbocycles. The lowest BCUT2D eigenvalue weighted by Gasteiger charge is -2.29. The lowest BCUT2D eigenvalue weighted by Crippen LogP contribution is -2.56. The van der Waals surface area contributed by atoms with Crippen LogP contribution in [0.5, 0.6) is 0 Å². The first-order valence-electron chi connectivity index (χ1n) is 9.72. The molecule has 29 heavy (non-hydrogen) atoms. The molecule has 11 nitrogen and oxygen atoms in total. The number of amides is 3. The molecule has 2 saturated heterocycles. The van der Waals surface area contributed by atoms with Crippen LogP contribution in [0.1, 0.15) is 31.4 Å². The van der Waals surface area contributed by atoms with Crippen LogP contribution in [0.15, 0.2) is 12.5 Å². The number of aromatic amines is 1. The molecule has 0 bridgehead atoms. The van der Waals surface area contributed by atoms with Crippen LogP contribution >= 0.6 is 0 Å². The lowest BCUT2D eigenvalue weighted by molar-refractivity contribution is -0.149. The molecule has 2 aliphatic heterocycles. The number of nitrogens with one attached hydrogen (secondary N) is 2. The average molecular weight is 406 g/mol. The third-order valence-electron chi connectivity index (χ3n) is 5.46. The number of hydrogen-bond acceptors (Lipinski definition) is 6. The molecule has 2 fully saturated rings. The molecule has 2 aliphatic rings. The zero-order valence-electron chi connectivity index (χ0n) is 16.0. The van der Waals surface area contributed by atoms with Crippen molar-refractivity contribution in [1.82, 2.24) is 25.1 Å². The Hall–Kier alpha value is -2.95. The van der Waals surface area contributed by atoms with Gasteiger partial charge in [-0.2, -0.15) is 0 Å². The predicted octanol–water partition coefficient (Wildman–Crippen LogP) is -1.54. The summed E-state index contributed by atoms with van der Waals surface area (Å²) in [7, 11) is 0. The van der Waals surface area contributed by atoms with Gasteiger partial charge in [0.1, 0.15) is 18.1 Å². The van der Waals surface area contributed by atoms with Crippen molar-refractivity contribution in [3.8, 4) is 0 Å². The molecular weight excluding hydrogens is 380 g/mol. The topological polar surface area (TPSA) is 162 Å². The summed E-state index contributed by atoms with van der Waals surface area (Å²) < 4.78 is 0. The fourth-order valence-electron chi connectivity index (χ4n) is 4.03. The van der Waals surface area contributed by atoms with Gasteiger partial charge in [0.25, 0.3) is 0 Å². The summed E-state index contributed by atoms with van der Waals surface area (Å²) >= 11 is 0. The normalized spacial score (nSPS) is 22.5. The van der Waals surface area contributed by atoms with E-state index in [2.05, 4.69) is 15.3 Å². The van der Waals surface area contributed by atoms with E-state index in [1.54, 1.807) is 6.20 Å². The number of imidazole rings is 1.